The van der Waals surface area contributed by atoms with Crippen LogP contribution in [-0.4, -0.2) is 65.4 Å². The van der Waals surface area contributed by atoms with Gasteiger partial charge in [0, 0.05) is 44.0 Å². The van der Waals surface area contributed by atoms with Crippen molar-refractivity contribution in [3.63, 3.8) is 0 Å². The quantitative estimate of drug-likeness (QED) is 0.792. The number of amides is 2. The van der Waals surface area contributed by atoms with E-state index in [-0.39, 0.29) is 24.3 Å². The lowest BCUT2D eigenvalue weighted by Crippen LogP contribution is -2.50. The summed E-state index contributed by atoms with van der Waals surface area (Å²) in [5.41, 5.74) is 6.47. The van der Waals surface area contributed by atoms with Crippen LogP contribution in [0.25, 0.3) is 0 Å². The fourth-order valence-corrected chi connectivity index (χ4v) is 3.97. The number of hydrogen-bond donors (Lipinski definition) is 2. The minimum atomic E-state index is 0.0486. The van der Waals surface area contributed by atoms with Gasteiger partial charge >= 0.3 is 0 Å². The molecule has 0 atom stereocenters. The Balaban J connectivity index is 1.39. The van der Waals surface area contributed by atoms with Crippen molar-refractivity contribution in [1.29, 1.82) is 0 Å². The Hall–Kier alpha value is -1.99. The molecule has 7 heteroatoms. The number of nitrogens with two attached hydrogens (primary N) is 1. The van der Waals surface area contributed by atoms with Gasteiger partial charge in [-0.25, -0.2) is 0 Å². The number of pyridine rings is 1. The highest BCUT2D eigenvalue weighted by Crippen LogP contribution is 2.24. The Morgan fingerprint density at radius 2 is 1.88 bits per heavy atom. The van der Waals surface area contributed by atoms with E-state index < -0.39 is 0 Å². The van der Waals surface area contributed by atoms with Crippen LogP contribution >= 0.6 is 0 Å². The van der Waals surface area contributed by atoms with Crippen molar-refractivity contribution >= 4 is 11.8 Å². The molecule has 3 rings (SSSR count). The summed E-state index contributed by atoms with van der Waals surface area (Å²) in [6.45, 7) is 4.16. The van der Waals surface area contributed by atoms with Gasteiger partial charge in [0.15, 0.2) is 0 Å². The van der Waals surface area contributed by atoms with E-state index >= 15 is 0 Å². The number of carbonyl (C=O) groups excluding carboxylic acids is 2. The van der Waals surface area contributed by atoms with E-state index in [2.05, 4.69) is 15.2 Å². The Bertz CT molecular complexity index is 593. The number of piperidine rings is 2. The molecule has 0 spiro atoms. The molecule has 0 bridgehead atoms. The summed E-state index contributed by atoms with van der Waals surface area (Å²) in [4.78, 5) is 32.5. The predicted octanol–water partition coefficient (Wildman–Crippen LogP) is 0.360. The first-order valence-electron chi connectivity index (χ1n) is 9.56. The number of rotatable bonds is 5. The van der Waals surface area contributed by atoms with Crippen LogP contribution in [-0.2, 0) is 16.1 Å². The molecule has 1 aromatic heterocycles. The maximum atomic E-state index is 12.4. The molecular weight excluding hydrogens is 330 g/mol. The van der Waals surface area contributed by atoms with Crippen LogP contribution in [0.4, 0.5) is 0 Å². The van der Waals surface area contributed by atoms with Gasteiger partial charge < -0.3 is 20.9 Å². The molecule has 0 aliphatic carbocycles. The maximum absolute atomic E-state index is 12.4. The summed E-state index contributed by atoms with van der Waals surface area (Å²) in [6.07, 6.45) is 7.33. The van der Waals surface area contributed by atoms with Gasteiger partial charge in [-0.1, -0.05) is 6.07 Å². The molecule has 0 saturated carbocycles. The van der Waals surface area contributed by atoms with Gasteiger partial charge in [-0.05, 0) is 50.4 Å². The highest BCUT2D eigenvalue weighted by molar-refractivity contribution is 5.79. The van der Waals surface area contributed by atoms with E-state index in [4.69, 9.17) is 5.73 Å². The molecule has 0 radical (unpaired) electrons. The van der Waals surface area contributed by atoms with E-state index in [9.17, 15) is 9.59 Å². The van der Waals surface area contributed by atoms with Gasteiger partial charge in [0.1, 0.15) is 0 Å². The Morgan fingerprint density at radius 3 is 2.50 bits per heavy atom. The summed E-state index contributed by atoms with van der Waals surface area (Å²) < 4.78 is 0. The lowest BCUT2D eigenvalue weighted by atomic mass is 9.92. The zero-order valence-corrected chi connectivity index (χ0v) is 15.3. The van der Waals surface area contributed by atoms with E-state index in [1.807, 2.05) is 17.0 Å². The van der Waals surface area contributed by atoms with Crippen molar-refractivity contribution in [3.05, 3.63) is 30.1 Å². The summed E-state index contributed by atoms with van der Waals surface area (Å²) in [5, 5.41) is 3.03. The molecule has 142 valence electrons. The summed E-state index contributed by atoms with van der Waals surface area (Å²) >= 11 is 0. The number of hydrogen-bond acceptors (Lipinski definition) is 5. The van der Waals surface area contributed by atoms with Crippen LogP contribution in [0.5, 0.6) is 0 Å². The second kappa shape index (κ2) is 9.09. The number of carbonyl (C=O) groups is 2. The average Bonchev–Trinajstić information content (AvgIpc) is 2.72. The second-order valence-corrected chi connectivity index (χ2v) is 7.21. The van der Waals surface area contributed by atoms with Crippen molar-refractivity contribution in [3.8, 4) is 0 Å². The zero-order valence-electron chi connectivity index (χ0n) is 15.3. The molecule has 1 aromatic rings. The third kappa shape index (κ3) is 4.80. The van der Waals surface area contributed by atoms with Crippen LogP contribution < -0.4 is 11.1 Å². The van der Waals surface area contributed by atoms with Gasteiger partial charge in [0.2, 0.25) is 11.8 Å². The lowest BCUT2D eigenvalue weighted by molar-refractivity contribution is -0.132. The highest BCUT2D eigenvalue weighted by atomic mass is 16.2. The van der Waals surface area contributed by atoms with E-state index in [1.165, 1.54) is 0 Å². The first-order valence-corrected chi connectivity index (χ1v) is 9.56. The average molecular weight is 359 g/mol. The van der Waals surface area contributed by atoms with Gasteiger partial charge in [-0.2, -0.15) is 0 Å². The summed E-state index contributed by atoms with van der Waals surface area (Å²) in [6, 6.07) is 4.38. The van der Waals surface area contributed by atoms with Crippen LogP contribution in [0.1, 0.15) is 31.2 Å². The Labute approximate surface area is 154 Å². The Kier molecular flexibility index (Phi) is 6.57. The number of nitrogens with zero attached hydrogens (tertiary/aromatic N) is 3. The molecule has 2 fully saturated rings. The third-order valence-corrected chi connectivity index (χ3v) is 5.60. The summed E-state index contributed by atoms with van der Waals surface area (Å²) in [7, 11) is 0. The minimum Gasteiger partial charge on any atom is -0.352 e. The van der Waals surface area contributed by atoms with Crippen LogP contribution in [0.15, 0.2) is 24.5 Å². The normalized spacial score (nSPS) is 20.1. The first-order chi connectivity index (χ1) is 12.7. The standard InChI is InChI=1S/C19H29N5O2/c20-12-18(25)24-10-5-17(6-11-24)23-8-3-16(4-9-23)19(26)22-14-15-2-1-7-21-13-15/h1-2,7,13,16-17H,3-6,8-12,14,20H2,(H,22,26). The fraction of sp³-hybridized carbons (Fsp3) is 0.632. The van der Waals surface area contributed by atoms with Crippen molar-refractivity contribution in [2.45, 2.75) is 38.3 Å². The number of aromatic nitrogens is 1. The minimum absolute atomic E-state index is 0.0486. The molecule has 0 unspecified atom stereocenters. The van der Waals surface area contributed by atoms with Crippen molar-refractivity contribution in [1.82, 2.24) is 20.1 Å². The van der Waals surface area contributed by atoms with E-state index in [1.54, 1.807) is 12.4 Å². The Morgan fingerprint density at radius 1 is 1.15 bits per heavy atom. The molecule has 0 aromatic carbocycles. The SMILES string of the molecule is NCC(=O)N1CCC(N2CCC(C(=O)NCc3cccnc3)CC2)CC1. The largest absolute Gasteiger partial charge is 0.352 e. The van der Waals surface area contributed by atoms with Crippen molar-refractivity contribution < 1.29 is 9.59 Å². The molecule has 7 nitrogen and oxygen atoms in total. The smallest absolute Gasteiger partial charge is 0.236 e. The maximum Gasteiger partial charge on any atom is 0.236 e. The van der Waals surface area contributed by atoms with Crippen LogP contribution in [0, 0.1) is 5.92 Å². The van der Waals surface area contributed by atoms with Gasteiger partial charge in [0.05, 0.1) is 6.54 Å². The topological polar surface area (TPSA) is 91.6 Å². The molecule has 3 heterocycles. The second-order valence-electron chi connectivity index (χ2n) is 7.21. The number of likely N-dealkylation sites (tertiary alicyclic amines) is 2. The third-order valence-electron chi connectivity index (χ3n) is 5.60. The summed E-state index contributed by atoms with van der Waals surface area (Å²) in [5.74, 6) is 0.297. The van der Waals surface area contributed by atoms with Gasteiger partial charge in [-0.3, -0.25) is 14.6 Å². The molecule has 2 aliphatic rings. The van der Waals surface area contributed by atoms with Crippen LogP contribution in [0.2, 0.25) is 0 Å². The van der Waals surface area contributed by atoms with Crippen molar-refractivity contribution in [2.75, 3.05) is 32.7 Å². The van der Waals surface area contributed by atoms with Crippen molar-refractivity contribution in [2.24, 2.45) is 11.7 Å². The molecular formula is C19H29N5O2. The molecule has 2 aliphatic heterocycles. The monoisotopic (exact) mass is 359 g/mol. The molecule has 26 heavy (non-hydrogen) atoms. The first kappa shape index (κ1) is 18.8. The predicted molar refractivity (Wildman–Crippen MR) is 99.0 cm³/mol. The van der Waals surface area contributed by atoms with E-state index in [0.29, 0.717) is 12.6 Å². The molecule has 2 saturated heterocycles. The zero-order chi connectivity index (χ0) is 18.4. The van der Waals surface area contributed by atoms with Gasteiger partial charge in [-0.15, -0.1) is 0 Å². The number of nitrogens with one attached hydrogen (secondary N) is 1. The fourth-order valence-electron chi connectivity index (χ4n) is 3.97. The van der Waals surface area contributed by atoms with Gasteiger partial charge in [0.25, 0.3) is 0 Å². The lowest BCUT2D eigenvalue weighted by Gasteiger charge is -2.41. The molecule has 2 amide bonds. The van der Waals surface area contributed by atoms with Crippen LogP contribution in [0.3, 0.4) is 0 Å². The van der Waals surface area contributed by atoms with E-state index in [0.717, 1.165) is 57.4 Å². The highest BCUT2D eigenvalue weighted by Gasteiger charge is 2.31. The molecule has 3 N–H and O–H groups in total.